The summed E-state index contributed by atoms with van der Waals surface area (Å²) < 4.78 is 5.14. The highest BCUT2D eigenvalue weighted by atomic mass is 16.5. The molecule has 0 aliphatic rings. The second kappa shape index (κ2) is 8.52. The second-order valence-corrected chi connectivity index (χ2v) is 6.66. The van der Waals surface area contributed by atoms with E-state index in [0.717, 1.165) is 22.6 Å². The minimum absolute atomic E-state index is 0.245. The maximum absolute atomic E-state index is 12.6. The fourth-order valence-electron chi connectivity index (χ4n) is 2.86. The van der Waals surface area contributed by atoms with Crippen LogP contribution in [-0.4, -0.2) is 23.0 Å². The topological polar surface area (TPSA) is 76.1 Å². The van der Waals surface area contributed by atoms with Gasteiger partial charge in [-0.05, 0) is 50.1 Å². The number of benzene rings is 2. The molecule has 0 fully saturated rings. The number of hydrogen-bond acceptors (Lipinski definition) is 5. The third-order valence-corrected chi connectivity index (χ3v) is 4.33. The van der Waals surface area contributed by atoms with Crippen molar-refractivity contribution in [1.82, 2.24) is 15.3 Å². The van der Waals surface area contributed by atoms with Gasteiger partial charge >= 0.3 is 0 Å². The van der Waals surface area contributed by atoms with Crippen molar-refractivity contribution in [3.8, 4) is 5.75 Å². The summed E-state index contributed by atoms with van der Waals surface area (Å²) in [5.74, 6) is 1.66. The van der Waals surface area contributed by atoms with Crippen LogP contribution in [0.4, 0.5) is 11.5 Å². The molecule has 0 bridgehead atoms. The number of hydrogen-bond donors (Lipinski definition) is 2. The average molecular weight is 376 g/mol. The number of aryl methyl sites for hydroxylation is 3. The number of nitrogens with one attached hydrogen (secondary N) is 2. The van der Waals surface area contributed by atoms with E-state index < -0.39 is 0 Å². The molecule has 1 aromatic heterocycles. The predicted molar refractivity (Wildman–Crippen MR) is 110 cm³/mol. The van der Waals surface area contributed by atoms with Gasteiger partial charge in [0.1, 0.15) is 23.1 Å². The van der Waals surface area contributed by atoms with Gasteiger partial charge in [0.2, 0.25) is 0 Å². The lowest BCUT2D eigenvalue weighted by Gasteiger charge is -2.12. The number of carbonyl (C=O) groups excluding carboxylic acids is 1. The van der Waals surface area contributed by atoms with Gasteiger partial charge in [-0.1, -0.05) is 29.8 Å². The summed E-state index contributed by atoms with van der Waals surface area (Å²) in [6.45, 7) is 6.27. The quantitative estimate of drug-likeness (QED) is 0.678. The van der Waals surface area contributed by atoms with Crippen LogP contribution in [0.15, 0.2) is 48.5 Å². The fraction of sp³-hybridized carbons (Fsp3) is 0.227. The first-order valence-corrected chi connectivity index (χ1v) is 9.05. The number of carbonyl (C=O) groups is 1. The van der Waals surface area contributed by atoms with Crippen molar-refractivity contribution < 1.29 is 9.53 Å². The van der Waals surface area contributed by atoms with Gasteiger partial charge in [-0.2, -0.15) is 0 Å². The largest absolute Gasteiger partial charge is 0.497 e. The van der Waals surface area contributed by atoms with Gasteiger partial charge in [-0.15, -0.1) is 0 Å². The summed E-state index contributed by atoms with van der Waals surface area (Å²) in [4.78, 5) is 21.2. The minimum Gasteiger partial charge on any atom is -0.497 e. The summed E-state index contributed by atoms with van der Waals surface area (Å²) in [7, 11) is 1.62. The Kier molecular flexibility index (Phi) is 5.89. The Labute approximate surface area is 165 Å². The third kappa shape index (κ3) is 4.85. The molecule has 144 valence electrons. The highest BCUT2D eigenvalue weighted by molar-refractivity contribution is 5.93. The fourth-order valence-corrected chi connectivity index (χ4v) is 2.86. The van der Waals surface area contributed by atoms with Crippen LogP contribution in [0.25, 0.3) is 0 Å². The standard InChI is InChI=1S/C22H24N4O2/c1-14-5-10-19(15(2)11-14)26-21-12-20(24-16(3)25-21)22(27)23-13-17-6-8-18(28-4)9-7-17/h5-12H,13H2,1-4H3,(H,23,27)(H,24,25,26). The first-order chi connectivity index (χ1) is 13.4. The molecular formula is C22H24N4O2. The molecule has 6 nitrogen and oxygen atoms in total. The average Bonchev–Trinajstić information content (AvgIpc) is 2.68. The van der Waals surface area contributed by atoms with E-state index in [2.05, 4.69) is 33.6 Å². The Morgan fingerprint density at radius 3 is 2.43 bits per heavy atom. The normalized spacial score (nSPS) is 10.4. The summed E-state index contributed by atoms with van der Waals surface area (Å²) >= 11 is 0. The van der Waals surface area contributed by atoms with E-state index in [-0.39, 0.29) is 5.91 Å². The van der Waals surface area contributed by atoms with Gasteiger partial charge in [0.15, 0.2) is 0 Å². The van der Waals surface area contributed by atoms with Crippen molar-refractivity contribution in [2.24, 2.45) is 0 Å². The van der Waals surface area contributed by atoms with Crippen LogP contribution in [0.3, 0.4) is 0 Å². The van der Waals surface area contributed by atoms with E-state index in [4.69, 9.17) is 4.74 Å². The van der Waals surface area contributed by atoms with Crippen LogP contribution in [-0.2, 0) is 6.54 Å². The molecule has 0 aliphatic carbocycles. The highest BCUT2D eigenvalue weighted by Gasteiger charge is 2.11. The molecule has 0 aliphatic heterocycles. The molecule has 3 rings (SSSR count). The monoisotopic (exact) mass is 376 g/mol. The smallest absolute Gasteiger partial charge is 0.270 e. The number of aromatic nitrogens is 2. The number of amides is 1. The number of nitrogens with zero attached hydrogens (tertiary/aromatic N) is 2. The molecule has 28 heavy (non-hydrogen) atoms. The zero-order valence-corrected chi connectivity index (χ0v) is 16.5. The molecule has 0 saturated carbocycles. The molecule has 0 radical (unpaired) electrons. The molecule has 6 heteroatoms. The first-order valence-electron chi connectivity index (χ1n) is 9.05. The lowest BCUT2D eigenvalue weighted by atomic mass is 10.1. The van der Waals surface area contributed by atoms with Gasteiger partial charge in [-0.3, -0.25) is 4.79 Å². The molecule has 2 aromatic carbocycles. The lowest BCUT2D eigenvalue weighted by Crippen LogP contribution is -2.24. The zero-order chi connectivity index (χ0) is 20.1. The number of ether oxygens (including phenoxy) is 1. The molecule has 0 saturated heterocycles. The number of methoxy groups -OCH3 is 1. The molecular weight excluding hydrogens is 352 g/mol. The van der Waals surface area contributed by atoms with Crippen molar-refractivity contribution in [1.29, 1.82) is 0 Å². The summed E-state index contributed by atoms with van der Waals surface area (Å²) in [6, 6.07) is 15.4. The Hall–Kier alpha value is -3.41. The highest BCUT2D eigenvalue weighted by Crippen LogP contribution is 2.21. The maximum atomic E-state index is 12.6. The third-order valence-electron chi connectivity index (χ3n) is 4.33. The van der Waals surface area contributed by atoms with Crippen LogP contribution in [0.5, 0.6) is 5.75 Å². The van der Waals surface area contributed by atoms with E-state index in [1.807, 2.05) is 43.3 Å². The van der Waals surface area contributed by atoms with Crippen LogP contribution >= 0.6 is 0 Å². The molecule has 0 spiro atoms. The van der Waals surface area contributed by atoms with E-state index in [1.165, 1.54) is 5.56 Å². The van der Waals surface area contributed by atoms with Gasteiger partial charge in [0, 0.05) is 18.3 Å². The minimum atomic E-state index is -0.245. The molecule has 2 N–H and O–H groups in total. The zero-order valence-electron chi connectivity index (χ0n) is 16.5. The molecule has 1 amide bonds. The second-order valence-electron chi connectivity index (χ2n) is 6.66. The first kappa shape index (κ1) is 19.4. The van der Waals surface area contributed by atoms with E-state index in [9.17, 15) is 4.79 Å². The molecule has 3 aromatic rings. The van der Waals surface area contributed by atoms with Gasteiger partial charge in [0.05, 0.1) is 7.11 Å². The van der Waals surface area contributed by atoms with Crippen LogP contribution in [0.1, 0.15) is 33.0 Å². The molecule has 1 heterocycles. The van der Waals surface area contributed by atoms with Gasteiger partial charge in [-0.25, -0.2) is 9.97 Å². The van der Waals surface area contributed by atoms with Crippen LogP contribution in [0.2, 0.25) is 0 Å². The summed E-state index contributed by atoms with van der Waals surface area (Å²) in [5, 5.41) is 6.17. The van der Waals surface area contributed by atoms with Crippen molar-refractivity contribution in [3.05, 3.63) is 76.7 Å². The summed E-state index contributed by atoms with van der Waals surface area (Å²) in [6.07, 6.45) is 0. The Bertz CT molecular complexity index is 984. The van der Waals surface area contributed by atoms with Crippen molar-refractivity contribution in [2.45, 2.75) is 27.3 Å². The Morgan fingerprint density at radius 2 is 1.75 bits per heavy atom. The number of rotatable bonds is 6. The van der Waals surface area contributed by atoms with Crippen molar-refractivity contribution in [3.63, 3.8) is 0 Å². The van der Waals surface area contributed by atoms with E-state index in [0.29, 0.717) is 23.9 Å². The summed E-state index contributed by atoms with van der Waals surface area (Å²) in [5.41, 5.74) is 4.57. The lowest BCUT2D eigenvalue weighted by molar-refractivity contribution is 0.0945. The van der Waals surface area contributed by atoms with Crippen LogP contribution < -0.4 is 15.4 Å². The molecule has 0 unspecified atom stereocenters. The maximum Gasteiger partial charge on any atom is 0.270 e. The van der Waals surface area contributed by atoms with E-state index in [1.54, 1.807) is 20.1 Å². The predicted octanol–water partition coefficient (Wildman–Crippen LogP) is 4.08. The Morgan fingerprint density at radius 1 is 1.00 bits per heavy atom. The van der Waals surface area contributed by atoms with Gasteiger partial charge in [0.25, 0.3) is 5.91 Å². The number of anilines is 2. The molecule has 0 atom stereocenters. The SMILES string of the molecule is COc1ccc(CNC(=O)c2cc(Nc3ccc(C)cc3C)nc(C)n2)cc1. The van der Waals surface area contributed by atoms with Crippen molar-refractivity contribution >= 4 is 17.4 Å². The Balaban J connectivity index is 1.71. The van der Waals surface area contributed by atoms with Crippen molar-refractivity contribution in [2.75, 3.05) is 12.4 Å². The van der Waals surface area contributed by atoms with E-state index >= 15 is 0 Å². The van der Waals surface area contributed by atoms with Gasteiger partial charge < -0.3 is 15.4 Å². The van der Waals surface area contributed by atoms with Crippen LogP contribution in [0, 0.1) is 20.8 Å².